The van der Waals surface area contributed by atoms with E-state index in [0.29, 0.717) is 18.5 Å². The summed E-state index contributed by atoms with van der Waals surface area (Å²) in [6.07, 6.45) is 0.707. The summed E-state index contributed by atoms with van der Waals surface area (Å²) in [6, 6.07) is 13.9. The second-order valence-electron chi connectivity index (χ2n) is 4.77. The third-order valence-corrected chi connectivity index (χ3v) is 3.31. The Morgan fingerprint density at radius 2 is 2.05 bits per heavy atom. The molecule has 2 aromatic carbocycles. The molecule has 100 valence electrons. The molecule has 0 aromatic heterocycles. The third-order valence-electron chi connectivity index (χ3n) is 3.31. The van der Waals surface area contributed by atoms with E-state index in [0.717, 1.165) is 17.0 Å². The SMILES string of the molecule is N#Cc1ccc(NCC2Cc3cc(F)ccc3O2)cc1. The van der Waals surface area contributed by atoms with Crippen LogP contribution in [0.3, 0.4) is 0 Å². The molecule has 2 aromatic rings. The molecule has 3 nitrogen and oxygen atoms in total. The second-order valence-corrected chi connectivity index (χ2v) is 4.77. The van der Waals surface area contributed by atoms with Gasteiger partial charge in [0.25, 0.3) is 0 Å². The van der Waals surface area contributed by atoms with Gasteiger partial charge in [-0.05, 0) is 42.5 Å². The quantitative estimate of drug-likeness (QED) is 0.930. The van der Waals surface area contributed by atoms with Gasteiger partial charge in [0, 0.05) is 17.7 Å². The Morgan fingerprint density at radius 1 is 1.25 bits per heavy atom. The predicted molar refractivity (Wildman–Crippen MR) is 74.2 cm³/mol. The zero-order valence-electron chi connectivity index (χ0n) is 10.8. The highest BCUT2D eigenvalue weighted by atomic mass is 19.1. The molecular weight excluding hydrogens is 255 g/mol. The van der Waals surface area contributed by atoms with Crippen molar-refractivity contribution in [3.63, 3.8) is 0 Å². The second kappa shape index (κ2) is 5.22. The Kier molecular flexibility index (Phi) is 3.26. The number of ether oxygens (including phenoxy) is 1. The first-order valence-corrected chi connectivity index (χ1v) is 6.44. The van der Waals surface area contributed by atoms with Crippen molar-refractivity contribution in [1.82, 2.24) is 0 Å². The van der Waals surface area contributed by atoms with Crippen molar-refractivity contribution >= 4 is 5.69 Å². The minimum atomic E-state index is -0.229. The van der Waals surface area contributed by atoms with Gasteiger partial charge in [0.2, 0.25) is 0 Å². The van der Waals surface area contributed by atoms with Gasteiger partial charge in [-0.2, -0.15) is 5.26 Å². The van der Waals surface area contributed by atoms with Crippen molar-refractivity contribution in [1.29, 1.82) is 5.26 Å². The number of nitriles is 1. The smallest absolute Gasteiger partial charge is 0.123 e. The van der Waals surface area contributed by atoms with Gasteiger partial charge < -0.3 is 10.1 Å². The molecule has 0 spiro atoms. The average Bonchev–Trinajstić information content (AvgIpc) is 2.87. The van der Waals surface area contributed by atoms with Gasteiger partial charge in [-0.15, -0.1) is 0 Å². The number of hydrogen-bond donors (Lipinski definition) is 1. The summed E-state index contributed by atoms with van der Waals surface area (Å²) in [7, 11) is 0. The van der Waals surface area contributed by atoms with Gasteiger partial charge in [0.1, 0.15) is 17.7 Å². The van der Waals surface area contributed by atoms with Crippen LogP contribution in [0.25, 0.3) is 0 Å². The molecular formula is C16H13FN2O. The first-order chi connectivity index (χ1) is 9.74. The van der Waals surface area contributed by atoms with Crippen LogP contribution in [0, 0.1) is 17.1 Å². The van der Waals surface area contributed by atoms with Gasteiger partial charge in [0.05, 0.1) is 18.2 Å². The van der Waals surface area contributed by atoms with Crippen LogP contribution in [0.4, 0.5) is 10.1 Å². The number of nitrogens with zero attached hydrogens (tertiary/aromatic N) is 1. The lowest BCUT2D eigenvalue weighted by molar-refractivity contribution is 0.246. The summed E-state index contributed by atoms with van der Waals surface area (Å²) in [6.45, 7) is 0.641. The van der Waals surface area contributed by atoms with E-state index < -0.39 is 0 Å². The highest BCUT2D eigenvalue weighted by Gasteiger charge is 2.22. The average molecular weight is 268 g/mol. The Balaban J connectivity index is 1.59. The van der Waals surface area contributed by atoms with Crippen LogP contribution in [0.1, 0.15) is 11.1 Å². The monoisotopic (exact) mass is 268 g/mol. The zero-order chi connectivity index (χ0) is 13.9. The number of nitrogens with one attached hydrogen (secondary N) is 1. The fraction of sp³-hybridized carbons (Fsp3) is 0.188. The van der Waals surface area contributed by atoms with Crippen LogP contribution in [-0.2, 0) is 6.42 Å². The van der Waals surface area contributed by atoms with Crippen LogP contribution in [0.2, 0.25) is 0 Å². The van der Waals surface area contributed by atoms with Crippen molar-refractivity contribution in [2.24, 2.45) is 0 Å². The number of hydrogen-bond acceptors (Lipinski definition) is 3. The molecule has 1 heterocycles. The number of rotatable bonds is 3. The van der Waals surface area contributed by atoms with E-state index in [9.17, 15) is 4.39 Å². The molecule has 1 aliphatic heterocycles. The molecule has 1 atom stereocenters. The molecule has 0 bridgehead atoms. The summed E-state index contributed by atoms with van der Waals surface area (Å²) in [4.78, 5) is 0. The largest absolute Gasteiger partial charge is 0.488 e. The minimum Gasteiger partial charge on any atom is -0.488 e. The molecule has 4 heteroatoms. The lowest BCUT2D eigenvalue weighted by Gasteiger charge is -2.12. The first-order valence-electron chi connectivity index (χ1n) is 6.44. The van der Waals surface area contributed by atoms with Gasteiger partial charge >= 0.3 is 0 Å². The first kappa shape index (κ1) is 12.5. The van der Waals surface area contributed by atoms with Crippen molar-refractivity contribution in [2.45, 2.75) is 12.5 Å². The van der Waals surface area contributed by atoms with Crippen LogP contribution >= 0.6 is 0 Å². The molecule has 0 saturated carbocycles. The molecule has 1 N–H and O–H groups in total. The van der Waals surface area contributed by atoms with Crippen LogP contribution in [0.15, 0.2) is 42.5 Å². The summed E-state index contributed by atoms with van der Waals surface area (Å²) in [5, 5.41) is 12.0. The summed E-state index contributed by atoms with van der Waals surface area (Å²) in [5.41, 5.74) is 2.49. The molecule has 20 heavy (non-hydrogen) atoms. The fourth-order valence-electron chi connectivity index (χ4n) is 2.30. The van der Waals surface area contributed by atoms with E-state index in [1.54, 1.807) is 18.2 Å². The summed E-state index contributed by atoms with van der Waals surface area (Å²) < 4.78 is 18.9. The summed E-state index contributed by atoms with van der Waals surface area (Å²) in [5.74, 6) is 0.533. The topological polar surface area (TPSA) is 45.0 Å². The number of anilines is 1. The van der Waals surface area contributed by atoms with Crippen molar-refractivity contribution in [3.05, 3.63) is 59.4 Å². The van der Waals surface area contributed by atoms with E-state index in [2.05, 4.69) is 11.4 Å². The third kappa shape index (κ3) is 2.57. The molecule has 1 unspecified atom stereocenters. The lowest BCUT2D eigenvalue weighted by atomic mass is 10.1. The molecule has 0 saturated heterocycles. The van der Waals surface area contributed by atoms with E-state index in [1.165, 1.54) is 12.1 Å². The van der Waals surface area contributed by atoms with Crippen molar-refractivity contribution < 1.29 is 9.13 Å². The Morgan fingerprint density at radius 3 is 2.80 bits per heavy atom. The Labute approximate surface area is 116 Å². The predicted octanol–water partition coefficient (Wildman–Crippen LogP) is 3.11. The number of halogens is 1. The number of benzene rings is 2. The highest BCUT2D eigenvalue weighted by molar-refractivity contribution is 5.47. The van der Waals surface area contributed by atoms with E-state index in [4.69, 9.17) is 10.00 Å². The molecule has 0 fully saturated rings. The van der Waals surface area contributed by atoms with Gasteiger partial charge in [0.15, 0.2) is 0 Å². The molecule has 0 radical (unpaired) electrons. The lowest BCUT2D eigenvalue weighted by Crippen LogP contribution is -2.23. The molecule has 0 amide bonds. The van der Waals surface area contributed by atoms with Crippen LogP contribution in [-0.4, -0.2) is 12.6 Å². The highest BCUT2D eigenvalue weighted by Crippen LogP contribution is 2.29. The van der Waals surface area contributed by atoms with Crippen molar-refractivity contribution in [3.8, 4) is 11.8 Å². The fourth-order valence-corrected chi connectivity index (χ4v) is 2.30. The maximum absolute atomic E-state index is 13.1. The van der Waals surface area contributed by atoms with Crippen molar-refractivity contribution in [2.75, 3.05) is 11.9 Å². The minimum absolute atomic E-state index is 0.00226. The van der Waals surface area contributed by atoms with Crippen LogP contribution in [0.5, 0.6) is 5.75 Å². The normalized spacial score (nSPS) is 16.1. The Bertz CT molecular complexity index is 661. The molecule has 1 aliphatic rings. The van der Waals surface area contributed by atoms with E-state index in [1.807, 2.05) is 12.1 Å². The molecule has 3 rings (SSSR count). The van der Waals surface area contributed by atoms with E-state index >= 15 is 0 Å². The molecule has 0 aliphatic carbocycles. The zero-order valence-corrected chi connectivity index (χ0v) is 10.8. The summed E-state index contributed by atoms with van der Waals surface area (Å²) >= 11 is 0. The van der Waals surface area contributed by atoms with E-state index in [-0.39, 0.29) is 11.9 Å². The maximum Gasteiger partial charge on any atom is 0.123 e. The van der Waals surface area contributed by atoms with Gasteiger partial charge in [-0.25, -0.2) is 4.39 Å². The van der Waals surface area contributed by atoms with Gasteiger partial charge in [-0.3, -0.25) is 0 Å². The number of fused-ring (bicyclic) bond motifs is 1. The Hall–Kier alpha value is -2.54. The standard InChI is InChI=1S/C16H13FN2O/c17-13-3-6-16-12(7-13)8-15(20-16)10-19-14-4-1-11(9-18)2-5-14/h1-7,15,19H,8,10H2. The van der Waals surface area contributed by atoms with Crippen LogP contribution < -0.4 is 10.1 Å². The van der Waals surface area contributed by atoms with Gasteiger partial charge in [-0.1, -0.05) is 0 Å². The maximum atomic E-state index is 13.1.